The number of ether oxygens (including phenoxy) is 1. The van der Waals surface area contributed by atoms with E-state index in [1.54, 1.807) is 0 Å². The summed E-state index contributed by atoms with van der Waals surface area (Å²) in [5.74, 6) is 0. The van der Waals surface area contributed by atoms with E-state index in [-0.39, 0.29) is 11.5 Å². The Bertz CT molecular complexity index is 408. The molecule has 18 heavy (non-hydrogen) atoms. The fourth-order valence-electron chi connectivity index (χ4n) is 1.46. The summed E-state index contributed by atoms with van der Waals surface area (Å²) < 4.78 is 5.17. The minimum atomic E-state index is -0.460. The Morgan fingerprint density at radius 3 is 2.33 bits per heavy atom. The summed E-state index contributed by atoms with van der Waals surface area (Å²) in [4.78, 5) is 14.7. The number of carbonyl (C=O) groups is 1. The Hall–Kier alpha value is -1.45. The standard InChI is InChI=1S/C14H24N2O2/c1-13(2,3)11-7-10(8-15-11)9-16-12(17)18-14(4,5)6/h7-8,15H,9H2,1-6H3,(H,16,17). The summed E-state index contributed by atoms with van der Waals surface area (Å²) in [6, 6.07) is 2.07. The Balaban J connectivity index is 2.50. The van der Waals surface area contributed by atoms with Gasteiger partial charge in [0.1, 0.15) is 5.60 Å². The van der Waals surface area contributed by atoms with Gasteiger partial charge in [-0.15, -0.1) is 0 Å². The summed E-state index contributed by atoms with van der Waals surface area (Å²) in [5, 5.41) is 2.74. The number of hydrogen-bond acceptors (Lipinski definition) is 2. The van der Waals surface area contributed by atoms with Crippen LogP contribution in [0, 0.1) is 0 Å². The normalized spacial score (nSPS) is 12.3. The molecule has 2 N–H and O–H groups in total. The second-order valence-electron chi connectivity index (χ2n) is 6.53. The molecule has 102 valence electrons. The summed E-state index contributed by atoms with van der Waals surface area (Å²) in [7, 11) is 0. The molecule has 4 heteroatoms. The van der Waals surface area contributed by atoms with Crippen molar-refractivity contribution >= 4 is 6.09 Å². The highest BCUT2D eigenvalue weighted by atomic mass is 16.6. The van der Waals surface area contributed by atoms with Gasteiger partial charge in [-0.05, 0) is 32.4 Å². The smallest absolute Gasteiger partial charge is 0.407 e. The first kappa shape index (κ1) is 14.6. The first-order chi connectivity index (χ1) is 8.08. The molecule has 1 heterocycles. The maximum Gasteiger partial charge on any atom is 0.407 e. The molecule has 1 aromatic heterocycles. The predicted molar refractivity (Wildman–Crippen MR) is 72.6 cm³/mol. The summed E-state index contributed by atoms with van der Waals surface area (Å²) in [6.45, 7) is 12.4. The van der Waals surface area contributed by atoms with Crippen molar-refractivity contribution in [1.82, 2.24) is 10.3 Å². The molecular weight excluding hydrogens is 228 g/mol. The Labute approximate surface area is 109 Å². The van der Waals surface area contributed by atoms with Crippen LogP contribution in [0.1, 0.15) is 52.8 Å². The van der Waals surface area contributed by atoms with Gasteiger partial charge in [-0.3, -0.25) is 0 Å². The van der Waals surface area contributed by atoms with Gasteiger partial charge in [-0.2, -0.15) is 0 Å². The van der Waals surface area contributed by atoms with E-state index >= 15 is 0 Å². The zero-order chi connectivity index (χ0) is 14.0. The van der Waals surface area contributed by atoms with Crippen LogP contribution in [0.3, 0.4) is 0 Å². The minimum Gasteiger partial charge on any atom is -0.444 e. The molecule has 0 radical (unpaired) electrons. The van der Waals surface area contributed by atoms with Crippen LogP contribution < -0.4 is 5.32 Å². The Morgan fingerprint density at radius 1 is 1.28 bits per heavy atom. The average molecular weight is 252 g/mol. The number of aromatic nitrogens is 1. The fraction of sp³-hybridized carbons (Fsp3) is 0.643. The molecule has 0 atom stereocenters. The van der Waals surface area contributed by atoms with E-state index < -0.39 is 5.60 Å². The second-order valence-corrected chi connectivity index (χ2v) is 6.53. The molecule has 0 bridgehead atoms. The maximum absolute atomic E-state index is 11.5. The van der Waals surface area contributed by atoms with E-state index in [2.05, 4.69) is 37.1 Å². The van der Waals surface area contributed by atoms with Gasteiger partial charge in [0.25, 0.3) is 0 Å². The topological polar surface area (TPSA) is 54.1 Å². The van der Waals surface area contributed by atoms with Gasteiger partial charge in [-0.25, -0.2) is 4.79 Å². The number of H-pyrrole nitrogens is 1. The molecule has 0 saturated carbocycles. The lowest BCUT2D eigenvalue weighted by Gasteiger charge is -2.19. The van der Waals surface area contributed by atoms with Crippen molar-refractivity contribution in [3.8, 4) is 0 Å². The molecular formula is C14H24N2O2. The van der Waals surface area contributed by atoms with Gasteiger partial charge in [0.05, 0.1) is 0 Å². The fourth-order valence-corrected chi connectivity index (χ4v) is 1.46. The van der Waals surface area contributed by atoms with Crippen LogP contribution in [0.2, 0.25) is 0 Å². The van der Waals surface area contributed by atoms with Crippen LogP contribution in [0.5, 0.6) is 0 Å². The quantitative estimate of drug-likeness (QED) is 0.848. The number of carbonyl (C=O) groups excluding carboxylic acids is 1. The van der Waals surface area contributed by atoms with Gasteiger partial charge < -0.3 is 15.0 Å². The number of nitrogens with one attached hydrogen (secondary N) is 2. The third-order valence-electron chi connectivity index (χ3n) is 2.39. The van der Waals surface area contributed by atoms with Gasteiger partial charge in [0, 0.05) is 23.9 Å². The zero-order valence-electron chi connectivity index (χ0n) is 12.2. The van der Waals surface area contributed by atoms with E-state index in [0.717, 1.165) is 11.3 Å². The molecule has 1 amide bonds. The van der Waals surface area contributed by atoms with Crippen LogP contribution in [-0.2, 0) is 16.7 Å². The minimum absolute atomic E-state index is 0.0875. The number of alkyl carbamates (subject to hydrolysis) is 1. The molecule has 0 unspecified atom stereocenters. The first-order valence-corrected chi connectivity index (χ1v) is 6.22. The third kappa shape index (κ3) is 4.82. The van der Waals surface area contributed by atoms with E-state index in [1.165, 1.54) is 0 Å². The van der Waals surface area contributed by atoms with E-state index in [0.29, 0.717) is 6.54 Å². The van der Waals surface area contributed by atoms with Gasteiger partial charge in [0.2, 0.25) is 0 Å². The van der Waals surface area contributed by atoms with Crippen LogP contribution in [0.25, 0.3) is 0 Å². The largest absolute Gasteiger partial charge is 0.444 e. The van der Waals surface area contributed by atoms with Crippen molar-refractivity contribution in [3.63, 3.8) is 0 Å². The van der Waals surface area contributed by atoms with Crippen LogP contribution in [0.4, 0.5) is 4.79 Å². The number of aromatic amines is 1. The lowest BCUT2D eigenvalue weighted by molar-refractivity contribution is 0.0523. The lowest BCUT2D eigenvalue weighted by Crippen LogP contribution is -2.32. The molecule has 0 aliphatic rings. The third-order valence-corrected chi connectivity index (χ3v) is 2.39. The van der Waals surface area contributed by atoms with Crippen molar-refractivity contribution in [2.24, 2.45) is 0 Å². The van der Waals surface area contributed by atoms with Gasteiger partial charge in [0.15, 0.2) is 0 Å². The number of rotatable bonds is 2. The molecule has 0 saturated heterocycles. The average Bonchev–Trinajstić information content (AvgIpc) is 2.59. The predicted octanol–water partition coefficient (Wildman–Crippen LogP) is 3.34. The number of hydrogen-bond donors (Lipinski definition) is 2. The van der Waals surface area contributed by atoms with Crippen molar-refractivity contribution < 1.29 is 9.53 Å². The van der Waals surface area contributed by atoms with Crippen molar-refractivity contribution in [2.75, 3.05) is 0 Å². The van der Waals surface area contributed by atoms with E-state index in [9.17, 15) is 4.79 Å². The monoisotopic (exact) mass is 252 g/mol. The van der Waals surface area contributed by atoms with E-state index in [1.807, 2.05) is 27.0 Å². The Morgan fingerprint density at radius 2 is 1.89 bits per heavy atom. The van der Waals surface area contributed by atoms with Gasteiger partial charge in [-0.1, -0.05) is 20.8 Å². The molecule has 4 nitrogen and oxygen atoms in total. The molecule has 0 aliphatic carbocycles. The van der Waals surface area contributed by atoms with Crippen molar-refractivity contribution in [2.45, 2.75) is 59.1 Å². The zero-order valence-corrected chi connectivity index (χ0v) is 12.2. The molecule has 0 aromatic carbocycles. The summed E-state index contributed by atoms with van der Waals surface area (Å²) in [6.07, 6.45) is 1.53. The lowest BCUT2D eigenvalue weighted by atomic mass is 9.92. The maximum atomic E-state index is 11.5. The molecule has 0 fully saturated rings. The molecule has 1 rings (SSSR count). The molecule has 1 aromatic rings. The summed E-state index contributed by atoms with van der Waals surface area (Å²) in [5.41, 5.74) is 1.83. The summed E-state index contributed by atoms with van der Waals surface area (Å²) >= 11 is 0. The SMILES string of the molecule is CC(C)(C)OC(=O)NCc1c[nH]c(C(C)(C)C)c1. The second kappa shape index (κ2) is 5.04. The van der Waals surface area contributed by atoms with Crippen LogP contribution >= 0.6 is 0 Å². The highest BCUT2D eigenvalue weighted by Crippen LogP contribution is 2.21. The highest BCUT2D eigenvalue weighted by Gasteiger charge is 2.17. The van der Waals surface area contributed by atoms with Crippen molar-refractivity contribution in [3.05, 3.63) is 23.5 Å². The Kier molecular flexibility index (Phi) is 4.09. The molecule has 0 aliphatic heterocycles. The van der Waals surface area contributed by atoms with Crippen LogP contribution in [-0.4, -0.2) is 16.7 Å². The van der Waals surface area contributed by atoms with Gasteiger partial charge >= 0.3 is 6.09 Å². The first-order valence-electron chi connectivity index (χ1n) is 6.22. The number of amides is 1. The van der Waals surface area contributed by atoms with Crippen molar-refractivity contribution in [1.29, 1.82) is 0 Å². The van der Waals surface area contributed by atoms with Crippen LogP contribution in [0.15, 0.2) is 12.3 Å². The van der Waals surface area contributed by atoms with E-state index in [4.69, 9.17) is 4.74 Å². The highest BCUT2D eigenvalue weighted by molar-refractivity contribution is 5.67. The molecule has 0 spiro atoms.